The average Bonchev–Trinajstić information content (AvgIpc) is 3.10. The Kier molecular flexibility index (Phi) is 5.56. The topological polar surface area (TPSA) is 62.2 Å². The minimum Gasteiger partial charge on any atom is -0.350 e. The second kappa shape index (κ2) is 7.66. The minimum absolute atomic E-state index is 0.116. The molecule has 134 valence electrons. The zero-order valence-corrected chi connectivity index (χ0v) is 15.0. The third-order valence-electron chi connectivity index (χ3n) is 5.45. The number of aromatic nitrogens is 2. The molecule has 0 saturated carbocycles. The Morgan fingerprint density at radius 2 is 2.25 bits per heavy atom. The van der Waals surface area contributed by atoms with Crippen molar-refractivity contribution in [3.05, 3.63) is 18.5 Å². The van der Waals surface area contributed by atoms with Crippen LogP contribution in [0.15, 0.2) is 18.5 Å². The van der Waals surface area contributed by atoms with Crippen LogP contribution in [0, 0.1) is 5.92 Å². The molecule has 0 aliphatic carbocycles. The summed E-state index contributed by atoms with van der Waals surface area (Å²) in [6, 6.07) is 2.06. The number of carbonyl (C=O) groups excluding carboxylic acids is 1. The van der Waals surface area contributed by atoms with Crippen LogP contribution in [0.1, 0.15) is 39.5 Å². The molecule has 2 aliphatic heterocycles. The maximum Gasteiger partial charge on any atom is 0.248 e. The Morgan fingerprint density at radius 3 is 2.92 bits per heavy atom. The summed E-state index contributed by atoms with van der Waals surface area (Å²) in [4.78, 5) is 15.6. The van der Waals surface area contributed by atoms with E-state index in [0.717, 1.165) is 51.5 Å². The highest BCUT2D eigenvalue weighted by atomic mass is 16.2. The van der Waals surface area contributed by atoms with E-state index in [-0.39, 0.29) is 11.9 Å². The molecular weight excluding hydrogens is 302 g/mol. The van der Waals surface area contributed by atoms with Crippen molar-refractivity contribution in [3.63, 3.8) is 0 Å². The van der Waals surface area contributed by atoms with Gasteiger partial charge in [0, 0.05) is 31.5 Å². The van der Waals surface area contributed by atoms with Crippen LogP contribution in [0.4, 0.5) is 0 Å². The number of rotatable bonds is 5. The summed E-state index contributed by atoms with van der Waals surface area (Å²) < 4.78 is 1.86. The molecule has 0 bridgehead atoms. The van der Waals surface area contributed by atoms with Gasteiger partial charge in [0.05, 0.1) is 0 Å². The van der Waals surface area contributed by atoms with E-state index in [4.69, 9.17) is 0 Å². The number of hydrogen-bond acceptors (Lipinski definition) is 4. The third kappa shape index (κ3) is 3.81. The Morgan fingerprint density at radius 1 is 1.46 bits per heavy atom. The van der Waals surface area contributed by atoms with Gasteiger partial charge in [-0.25, -0.2) is 0 Å². The molecule has 2 atom stereocenters. The summed E-state index contributed by atoms with van der Waals surface area (Å²) in [5.41, 5.74) is -0.543. The van der Waals surface area contributed by atoms with Crippen molar-refractivity contribution in [2.75, 3.05) is 32.7 Å². The second-order valence-corrected chi connectivity index (χ2v) is 7.61. The zero-order chi connectivity index (χ0) is 17.0. The van der Waals surface area contributed by atoms with Crippen molar-refractivity contribution < 1.29 is 4.79 Å². The van der Waals surface area contributed by atoms with Crippen LogP contribution >= 0.6 is 0 Å². The van der Waals surface area contributed by atoms with Gasteiger partial charge in [0.1, 0.15) is 5.54 Å². The van der Waals surface area contributed by atoms with E-state index in [1.54, 1.807) is 6.20 Å². The minimum atomic E-state index is -0.543. The largest absolute Gasteiger partial charge is 0.350 e. The molecule has 1 aromatic heterocycles. The predicted octanol–water partition coefficient (Wildman–Crippen LogP) is 1.20. The van der Waals surface area contributed by atoms with Gasteiger partial charge in [-0.05, 0) is 64.2 Å². The Labute approximate surface area is 145 Å². The molecule has 0 radical (unpaired) electrons. The number of hydrogen-bond donors (Lipinski definition) is 2. The lowest BCUT2D eigenvalue weighted by Crippen LogP contribution is -2.57. The van der Waals surface area contributed by atoms with Crippen LogP contribution in [0.3, 0.4) is 0 Å². The number of amides is 1. The van der Waals surface area contributed by atoms with Crippen molar-refractivity contribution >= 4 is 5.91 Å². The Bertz CT molecular complexity index is 524. The summed E-state index contributed by atoms with van der Waals surface area (Å²) in [6.45, 7) is 9.37. The third-order valence-corrected chi connectivity index (χ3v) is 5.45. The van der Waals surface area contributed by atoms with E-state index < -0.39 is 5.54 Å². The normalized spacial score (nSPS) is 26.0. The summed E-state index contributed by atoms with van der Waals surface area (Å²) >= 11 is 0. The SMILES string of the molecule is CC1CCCN(CC(C)NC(=O)C2(n3cccn3)CCNCC2)C1. The van der Waals surface area contributed by atoms with Gasteiger partial charge in [0.2, 0.25) is 5.91 Å². The van der Waals surface area contributed by atoms with E-state index in [0.29, 0.717) is 0 Å². The van der Waals surface area contributed by atoms with Crippen LogP contribution in [0.2, 0.25) is 0 Å². The van der Waals surface area contributed by atoms with Crippen LogP contribution < -0.4 is 10.6 Å². The molecule has 1 amide bonds. The average molecular weight is 333 g/mol. The lowest BCUT2D eigenvalue weighted by molar-refractivity contribution is -0.132. The molecule has 2 unspecified atom stereocenters. The number of nitrogens with one attached hydrogen (secondary N) is 2. The fraction of sp³-hybridized carbons (Fsp3) is 0.778. The highest BCUT2D eigenvalue weighted by molar-refractivity contribution is 5.84. The molecule has 2 aliphatic rings. The first-order valence-corrected chi connectivity index (χ1v) is 9.34. The molecule has 2 saturated heterocycles. The molecule has 6 heteroatoms. The highest BCUT2D eigenvalue weighted by Gasteiger charge is 2.42. The monoisotopic (exact) mass is 333 g/mol. The van der Waals surface area contributed by atoms with E-state index in [9.17, 15) is 4.79 Å². The van der Waals surface area contributed by atoms with Gasteiger partial charge in [0.15, 0.2) is 0 Å². The lowest BCUT2D eigenvalue weighted by atomic mass is 9.87. The van der Waals surface area contributed by atoms with Crippen LogP contribution in [0.25, 0.3) is 0 Å². The molecule has 0 spiro atoms. The van der Waals surface area contributed by atoms with Crippen molar-refractivity contribution in [1.82, 2.24) is 25.3 Å². The van der Waals surface area contributed by atoms with Gasteiger partial charge >= 0.3 is 0 Å². The fourth-order valence-electron chi connectivity index (χ4n) is 4.17. The van der Waals surface area contributed by atoms with Crippen LogP contribution in [-0.4, -0.2) is 59.4 Å². The number of piperidine rings is 2. The number of nitrogens with zero attached hydrogens (tertiary/aromatic N) is 3. The van der Waals surface area contributed by atoms with Crippen molar-refractivity contribution in [3.8, 4) is 0 Å². The predicted molar refractivity (Wildman–Crippen MR) is 94.7 cm³/mol. The molecule has 24 heavy (non-hydrogen) atoms. The summed E-state index contributed by atoms with van der Waals surface area (Å²) in [6.07, 6.45) is 7.84. The summed E-state index contributed by atoms with van der Waals surface area (Å²) in [5.74, 6) is 0.881. The number of likely N-dealkylation sites (tertiary alicyclic amines) is 1. The first kappa shape index (κ1) is 17.4. The van der Waals surface area contributed by atoms with E-state index >= 15 is 0 Å². The van der Waals surface area contributed by atoms with Gasteiger partial charge < -0.3 is 15.5 Å². The Balaban J connectivity index is 1.63. The van der Waals surface area contributed by atoms with Crippen molar-refractivity contribution in [2.45, 2.75) is 51.1 Å². The molecule has 2 N–H and O–H groups in total. The molecule has 1 aromatic rings. The first-order valence-electron chi connectivity index (χ1n) is 9.34. The van der Waals surface area contributed by atoms with Gasteiger partial charge in [-0.1, -0.05) is 6.92 Å². The molecule has 3 rings (SSSR count). The smallest absolute Gasteiger partial charge is 0.248 e. The highest BCUT2D eigenvalue weighted by Crippen LogP contribution is 2.27. The van der Waals surface area contributed by atoms with Crippen molar-refractivity contribution in [1.29, 1.82) is 0 Å². The van der Waals surface area contributed by atoms with E-state index in [2.05, 4.69) is 34.5 Å². The standard InChI is InChI=1S/C18H31N5O/c1-15-5-3-11-22(13-15)14-16(2)21-17(24)18(6-9-19-10-7-18)23-12-4-8-20-23/h4,8,12,15-16,19H,3,5-7,9-11,13-14H2,1-2H3,(H,21,24). The van der Waals surface area contributed by atoms with Gasteiger partial charge in [-0.15, -0.1) is 0 Å². The fourth-order valence-corrected chi connectivity index (χ4v) is 4.17. The van der Waals surface area contributed by atoms with Gasteiger partial charge in [0.25, 0.3) is 0 Å². The second-order valence-electron chi connectivity index (χ2n) is 7.61. The van der Waals surface area contributed by atoms with Gasteiger partial charge in [-0.2, -0.15) is 5.10 Å². The quantitative estimate of drug-likeness (QED) is 0.850. The summed E-state index contributed by atoms with van der Waals surface area (Å²) in [7, 11) is 0. The molecule has 0 aromatic carbocycles. The maximum absolute atomic E-state index is 13.1. The molecule has 2 fully saturated rings. The van der Waals surface area contributed by atoms with Crippen molar-refractivity contribution in [2.24, 2.45) is 5.92 Å². The van der Waals surface area contributed by atoms with Crippen LogP contribution in [0.5, 0.6) is 0 Å². The van der Waals surface area contributed by atoms with E-state index in [1.165, 1.54) is 12.8 Å². The lowest BCUT2D eigenvalue weighted by Gasteiger charge is -2.38. The zero-order valence-electron chi connectivity index (χ0n) is 15.0. The van der Waals surface area contributed by atoms with Gasteiger partial charge in [-0.3, -0.25) is 9.48 Å². The summed E-state index contributed by atoms with van der Waals surface area (Å²) in [5, 5.41) is 11.0. The first-order chi connectivity index (χ1) is 11.6. The Hall–Kier alpha value is -1.40. The molecule has 6 nitrogen and oxygen atoms in total. The maximum atomic E-state index is 13.1. The van der Waals surface area contributed by atoms with Crippen LogP contribution in [-0.2, 0) is 10.3 Å². The number of carbonyl (C=O) groups is 1. The molecule has 3 heterocycles. The molecular formula is C18H31N5O. The van der Waals surface area contributed by atoms with E-state index in [1.807, 2.05) is 16.9 Å².